The lowest BCUT2D eigenvalue weighted by Gasteiger charge is -2.23. The van der Waals surface area contributed by atoms with Crippen molar-refractivity contribution in [2.75, 3.05) is 13.2 Å². The Labute approximate surface area is 99.3 Å². The molecule has 0 saturated carbocycles. The van der Waals surface area contributed by atoms with Crippen molar-refractivity contribution in [3.8, 4) is 0 Å². The molecule has 0 radical (unpaired) electrons. The maximum atomic E-state index is 13.9. The average molecular weight is 270 g/mol. The molecule has 0 bridgehead atoms. The van der Waals surface area contributed by atoms with E-state index in [1.165, 1.54) is 0 Å². The van der Waals surface area contributed by atoms with E-state index in [-0.39, 0.29) is 19.6 Å². The summed E-state index contributed by atoms with van der Waals surface area (Å²) in [7, 11) is -4.86. The van der Waals surface area contributed by atoms with Crippen LogP contribution in [0.4, 0.5) is 4.39 Å². The molecule has 0 aliphatic heterocycles. The molecule has 0 amide bonds. The third-order valence-corrected chi connectivity index (χ3v) is 6.06. The van der Waals surface area contributed by atoms with Crippen molar-refractivity contribution in [3.63, 3.8) is 0 Å². The Hall–Kier alpha value is 0.297. The molecule has 0 aliphatic carbocycles. The molecule has 0 aliphatic rings. The van der Waals surface area contributed by atoms with Crippen molar-refractivity contribution in [2.45, 2.75) is 51.9 Å². The summed E-state index contributed by atoms with van der Waals surface area (Å²) in [5, 5.41) is 0. The standard InChI is InChI=1S/C10H24FO3PSi/c1-6-13-15(12,14-7-2)10(11)8-9-16(3,4)5/h10H,6-9H2,1-5H3. The molecular formula is C10H24FO3PSi. The van der Waals surface area contributed by atoms with E-state index >= 15 is 0 Å². The van der Waals surface area contributed by atoms with Crippen LogP contribution in [-0.2, 0) is 13.6 Å². The molecule has 0 heterocycles. The van der Waals surface area contributed by atoms with Crippen LogP contribution in [0.3, 0.4) is 0 Å². The van der Waals surface area contributed by atoms with Crippen LogP contribution in [0.15, 0.2) is 0 Å². The third kappa shape index (κ3) is 6.14. The van der Waals surface area contributed by atoms with E-state index in [0.717, 1.165) is 6.04 Å². The highest BCUT2D eigenvalue weighted by Crippen LogP contribution is 2.55. The van der Waals surface area contributed by atoms with E-state index in [4.69, 9.17) is 9.05 Å². The lowest BCUT2D eigenvalue weighted by molar-refractivity contribution is 0.188. The number of hydrogen-bond acceptors (Lipinski definition) is 3. The minimum atomic E-state index is -3.54. The first-order valence-corrected chi connectivity index (χ1v) is 11.1. The lowest BCUT2D eigenvalue weighted by atomic mass is 10.5. The predicted molar refractivity (Wildman–Crippen MR) is 68.5 cm³/mol. The van der Waals surface area contributed by atoms with Crippen molar-refractivity contribution < 1.29 is 18.0 Å². The van der Waals surface area contributed by atoms with E-state index in [9.17, 15) is 8.96 Å². The molecule has 16 heavy (non-hydrogen) atoms. The van der Waals surface area contributed by atoms with E-state index < -0.39 is 21.6 Å². The van der Waals surface area contributed by atoms with Gasteiger partial charge in [0.25, 0.3) is 0 Å². The first-order chi connectivity index (χ1) is 7.25. The largest absolute Gasteiger partial charge is 0.364 e. The monoisotopic (exact) mass is 270 g/mol. The SMILES string of the molecule is CCOP(=O)(OCC)C(F)CC[Si](C)(C)C. The lowest BCUT2D eigenvalue weighted by Crippen LogP contribution is -2.21. The molecule has 98 valence electrons. The van der Waals surface area contributed by atoms with Crippen LogP contribution >= 0.6 is 7.60 Å². The molecule has 1 atom stereocenters. The Morgan fingerprint density at radius 1 is 1.19 bits per heavy atom. The molecule has 1 unspecified atom stereocenters. The van der Waals surface area contributed by atoms with Gasteiger partial charge in [-0.3, -0.25) is 4.57 Å². The van der Waals surface area contributed by atoms with Crippen molar-refractivity contribution >= 4 is 15.7 Å². The summed E-state index contributed by atoms with van der Waals surface area (Å²) in [6.07, 6.45) is 0.271. The summed E-state index contributed by atoms with van der Waals surface area (Å²) < 4.78 is 35.8. The van der Waals surface area contributed by atoms with Gasteiger partial charge < -0.3 is 9.05 Å². The maximum Gasteiger partial charge on any atom is 0.364 e. The zero-order valence-corrected chi connectivity index (χ0v) is 12.9. The van der Waals surface area contributed by atoms with Crippen LogP contribution in [0.5, 0.6) is 0 Å². The molecule has 0 aromatic carbocycles. The first kappa shape index (κ1) is 16.3. The van der Waals surface area contributed by atoms with Gasteiger partial charge in [0, 0.05) is 8.07 Å². The number of alkyl halides is 1. The minimum Gasteiger partial charge on any atom is -0.307 e. The van der Waals surface area contributed by atoms with Gasteiger partial charge in [-0.15, -0.1) is 0 Å². The summed E-state index contributed by atoms with van der Waals surface area (Å²) >= 11 is 0. The first-order valence-electron chi connectivity index (χ1n) is 5.78. The van der Waals surface area contributed by atoms with Crippen molar-refractivity contribution in [1.82, 2.24) is 0 Å². The topological polar surface area (TPSA) is 35.5 Å². The molecule has 0 N–H and O–H groups in total. The van der Waals surface area contributed by atoms with Crippen LogP contribution < -0.4 is 0 Å². The molecule has 0 rings (SSSR count). The zero-order valence-electron chi connectivity index (χ0n) is 11.0. The zero-order chi connectivity index (χ0) is 12.8. The molecular weight excluding hydrogens is 246 g/mol. The number of hydrogen-bond donors (Lipinski definition) is 0. The highest BCUT2D eigenvalue weighted by Gasteiger charge is 2.36. The van der Waals surface area contributed by atoms with Crippen LogP contribution in [-0.4, -0.2) is 27.2 Å². The van der Waals surface area contributed by atoms with Crippen molar-refractivity contribution in [2.24, 2.45) is 0 Å². The predicted octanol–water partition coefficient (Wildman–Crippen LogP) is 4.28. The maximum absolute atomic E-state index is 13.9. The van der Waals surface area contributed by atoms with E-state index in [2.05, 4.69) is 19.6 Å². The third-order valence-electron chi connectivity index (χ3n) is 2.09. The summed E-state index contributed by atoms with van der Waals surface area (Å²) in [5.74, 6) is -1.49. The fourth-order valence-corrected chi connectivity index (χ4v) is 4.19. The van der Waals surface area contributed by atoms with Gasteiger partial charge >= 0.3 is 7.60 Å². The van der Waals surface area contributed by atoms with Crippen LogP contribution in [0.1, 0.15) is 20.3 Å². The van der Waals surface area contributed by atoms with Crippen LogP contribution in [0.2, 0.25) is 25.7 Å². The van der Waals surface area contributed by atoms with Gasteiger partial charge in [-0.05, 0) is 20.3 Å². The summed E-state index contributed by atoms with van der Waals surface area (Å²) in [4.78, 5) is 0. The summed E-state index contributed by atoms with van der Waals surface area (Å²) in [6.45, 7) is 10.3. The van der Waals surface area contributed by atoms with Gasteiger partial charge in [0.1, 0.15) is 0 Å². The number of halogens is 1. The van der Waals surface area contributed by atoms with Crippen LogP contribution in [0, 0.1) is 0 Å². The Morgan fingerprint density at radius 3 is 1.94 bits per heavy atom. The summed E-state index contributed by atoms with van der Waals surface area (Å²) in [5.41, 5.74) is 0. The normalized spacial score (nSPS) is 15.1. The van der Waals surface area contributed by atoms with E-state index in [1.807, 2.05) is 0 Å². The van der Waals surface area contributed by atoms with Gasteiger partial charge in [0.05, 0.1) is 13.2 Å². The molecule has 0 saturated heterocycles. The molecule has 0 aromatic heterocycles. The van der Waals surface area contributed by atoms with Gasteiger partial charge in [-0.2, -0.15) is 0 Å². The minimum absolute atomic E-state index is 0.213. The molecule has 0 spiro atoms. The summed E-state index contributed by atoms with van der Waals surface area (Å²) in [6, 6.07) is 0.790. The smallest absolute Gasteiger partial charge is 0.307 e. The molecule has 0 fully saturated rings. The highest BCUT2D eigenvalue weighted by molar-refractivity contribution is 7.54. The Bertz CT molecular complexity index is 233. The fourth-order valence-electron chi connectivity index (χ4n) is 1.27. The van der Waals surface area contributed by atoms with Gasteiger partial charge in [-0.1, -0.05) is 25.7 Å². The molecule has 3 nitrogen and oxygen atoms in total. The Morgan fingerprint density at radius 2 is 1.62 bits per heavy atom. The second-order valence-corrected chi connectivity index (χ2v) is 12.7. The van der Waals surface area contributed by atoms with Crippen molar-refractivity contribution in [3.05, 3.63) is 0 Å². The Kier molecular flexibility index (Phi) is 7.02. The van der Waals surface area contributed by atoms with E-state index in [1.54, 1.807) is 13.8 Å². The van der Waals surface area contributed by atoms with Gasteiger partial charge in [-0.25, -0.2) is 4.39 Å². The molecule has 6 heteroatoms. The van der Waals surface area contributed by atoms with Crippen LogP contribution in [0.25, 0.3) is 0 Å². The quantitative estimate of drug-likeness (QED) is 0.488. The van der Waals surface area contributed by atoms with Gasteiger partial charge in [0.15, 0.2) is 0 Å². The second kappa shape index (κ2) is 6.89. The van der Waals surface area contributed by atoms with Gasteiger partial charge in [0.2, 0.25) is 5.91 Å². The van der Waals surface area contributed by atoms with Crippen molar-refractivity contribution in [1.29, 1.82) is 0 Å². The number of rotatable bonds is 8. The second-order valence-electron chi connectivity index (χ2n) is 4.91. The highest BCUT2D eigenvalue weighted by atomic mass is 31.2. The fraction of sp³-hybridized carbons (Fsp3) is 1.00. The molecule has 0 aromatic rings. The van der Waals surface area contributed by atoms with E-state index in [0.29, 0.717) is 0 Å². The Balaban J connectivity index is 4.39. The average Bonchev–Trinajstić information content (AvgIpc) is 2.13.